The van der Waals surface area contributed by atoms with E-state index in [4.69, 9.17) is 4.74 Å². The molecule has 1 aromatic carbocycles. The highest BCUT2D eigenvalue weighted by Gasteiger charge is 2.36. The van der Waals surface area contributed by atoms with Crippen molar-refractivity contribution in [2.75, 3.05) is 25.1 Å². The highest BCUT2D eigenvalue weighted by atomic mass is 16.5. The van der Waals surface area contributed by atoms with Crippen LogP contribution in [0.25, 0.3) is 0 Å². The van der Waals surface area contributed by atoms with Crippen LogP contribution in [0.1, 0.15) is 29.6 Å². The zero-order valence-corrected chi connectivity index (χ0v) is 14.1. The van der Waals surface area contributed by atoms with Crippen LogP contribution in [0, 0.1) is 0 Å². The molecule has 2 unspecified atom stereocenters. The summed E-state index contributed by atoms with van der Waals surface area (Å²) in [6.07, 6.45) is 2.15. The number of anilines is 1. The van der Waals surface area contributed by atoms with Crippen LogP contribution in [0.3, 0.4) is 0 Å². The van der Waals surface area contributed by atoms with E-state index in [9.17, 15) is 9.59 Å². The largest absolute Gasteiger partial charge is 0.377 e. The lowest BCUT2D eigenvalue weighted by Crippen LogP contribution is -2.44. The number of carbonyl (C=O) groups is 2. The monoisotopic (exact) mass is 339 g/mol. The van der Waals surface area contributed by atoms with Crippen molar-refractivity contribution in [1.82, 2.24) is 9.47 Å². The van der Waals surface area contributed by atoms with Crippen molar-refractivity contribution in [1.29, 1.82) is 0 Å². The zero-order valence-electron chi connectivity index (χ0n) is 14.1. The van der Waals surface area contributed by atoms with Crippen LogP contribution in [0.2, 0.25) is 0 Å². The molecule has 6 heteroatoms. The van der Waals surface area contributed by atoms with E-state index in [0.717, 1.165) is 16.9 Å². The number of aryl methyl sites for hydroxylation is 1. The molecule has 1 aromatic heterocycles. The second-order valence-electron chi connectivity index (χ2n) is 6.56. The smallest absolute Gasteiger partial charge is 0.232 e. The Morgan fingerprint density at radius 1 is 1.28 bits per heavy atom. The highest BCUT2D eigenvalue weighted by Crippen LogP contribution is 2.35. The first-order valence-corrected chi connectivity index (χ1v) is 8.53. The van der Waals surface area contributed by atoms with Crippen LogP contribution < -0.4 is 5.32 Å². The van der Waals surface area contributed by atoms with E-state index in [0.29, 0.717) is 19.8 Å². The topological polar surface area (TPSA) is 63.6 Å². The van der Waals surface area contributed by atoms with Gasteiger partial charge in [0.1, 0.15) is 0 Å². The van der Waals surface area contributed by atoms with Crippen LogP contribution in [-0.2, 0) is 21.4 Å². The van der Waals surface area contributed by atoms with Gasteiger partial charge in [0, 0.05) is 37.6 Å². The minimum Gasteiger partial charge on any atom is -0.377 e. The van der Waals surface area contributed by atoms with Crippen molar-refractivity contribution < 1.29 is 14.3 Å². The molecule has 2 aliphatic heterocycles. The van der Waals surface area contributed by atoms with Gasteiger partial charge < -0.3 is 19.5 Å². The Bertz CT molecular complexity index is 814. The van der Waals surface area contributed by atoms with Gasteiger partial charge in [-0.1, -0.05) is 18.2 Å². The maximum atomic E-state index is 13.0. The summed E-state index contributed by atoms with van der Waals surface area (Å²) in [5.74, 6) is -0.523. The molecule has 0 spiro atoms. The first-order valence-electron chi connectivity index (χ1n) is 8.53. The van der Waals surface area contributed by atoms with E-state index in [1.807, 2.05) is 59.1 Å². The van der Waals surface area contributed by atoms with Gasteiger partial charge in [-0.25, -0.2) is 0 Å². The van der Waals surface area contributed by atoms with Crippen molar-refractivity contribution in [2.24, 2.45) is 7.05 Å². The molecule has 4 rings (SSSR count). The van der Waals surface area contributed by atoms with Crippen molar-refractivity contribution in [2.45, 2.75) is 18.4 Å². The summed E-state index contributed by atoms with van der Waals surface area (Å²) < 4.78 is 7.61. The lowest BCUT2D eigenvalue weighted by atomic mass is 9.96. The minimum atomic E-state index is -0.416. The van der Waals surface area contributed by atoms with Gasteiger partial charge in [0.2, 0.25) is 11.8 Å². The van der Waals surface area contributed by atoms with Crippen molar-refractivity contribution in [3.05, 3.63) is 53.9 Å². The van der Waals surface area contributed by atoms with Crippen LogP contribution in [-0.4, -0.2) is 41.0 Å². The molecule has 0 bridgehead atoms. The van der Waals surface area contributed by atoms with E-state index in [2.05, 4.69) is 5.32 Å². The molecule has 0 aliphatic carbocycles. The van der Waals surface area contributed by atoms with Gasteiger partial charge in [-0.2, -0.15) is 0 Å². The number of ether oxygens (including phenoxy) is 1. The maximum absolute atomic E-state index is 13.0. The van der Waals surface area contributed by atoms with E-state index in [1.165, 1.54) is 0 Å². The summed E-state index contributed by atoms with van der Waals surface area (Å²) in [7, 11) is 1.97. The molecule has 0 radical (unpaired) electrons. The Balaban J connectivity index is 1.56. The Morgan fingerprint density at radius 2 is 2.12 bits per heavy atom. The van der Waals surface area contributed by atoms with Gasteiger partial charge in [-0.15, -0.1) is 0 Å². The van der Waals surface area contributed by atoms with Gasteiger partial charge in [-0.3, -0.25) is 9.59 Å². The van der Waals surface area contributed by atoms with E-state index < -0.39 is 5.92 Å². The molecule has 2 amide bonds. The lowest BCUT2D eigenvalue weighted by molar-refractivity contribution is -0.142. The van der Waals surface area contributed by atoms with Crippen molar-refractivity contribution in [3.8, 4) is 0 Å². The van der Waals surface area contributed by atoms with Gasteiger partial charge in [0.25, 0.3) is 0 Å². The number of nitrogens with zero attached hydrogens (tertiary/aromatic N) is 2. The molecule has 1 saturated heterocycles. The number of benzene rings is 1. The molecule has 2 aliphatic rings. The van der Waals surface area contributed by atoms with Gasteiger partial charge in [0.15, 0.2) is 0 Å². The lowest BCUT2D eigenvalue weighted by Gasteiger charge is -2.36. The molecule has 1 fully saturated rings. The first-order chi connectivity index (χ1) is 12.1. The predicted octanol–water partition coefficient (Wildman–Crippen LogP) is 2.05. The quantitative estimate of drug-likeness (QED) is 0.931. The summed E-state index contributed by atoms with van der Waals surface area (Å²) in [6.45, 7) is 1.56. The number of amides is 2. The fraction of sp³-hybridized carbons (Fsp3) is 0.368. The van der Waals surface area contributed by atoms with Crippen molar-refractivity contribution >= 4 is 17.5 Å². The third-order valence-electron chi connectivity index (χ3n) is 5.06. The Morgan fingerprint density at radius 3 is 2.92 bits per heavy atom. The second-order valence-corrected chi connectivity index (χ2v) is 6.56. The third-order valence-corrected chi connectivity index (χ3v) is 5.06. The fourth-order valence-corrected chi connectivity index (χ4v) is 3.74. The van der Waals surface area contributed by atoms with Crippen LogP contribution in [0.4, 0.5) is 5.69 Å². The average molecular weight is 339 g/mol. The molecule has 130 valence electrons. The minimum absolute atomic E-state index is 0.00801. The molecule has 25 heavy (non-hydrogen) atoms. The number of hydrogen-bond donors (Lipinski definition) is 1. The Hall–Kier alpha value is -2.60. The number of morpholine rings is 1. The Labute approximate surface area is 146 Å². The molecule has 3 heterocycles. The summed E-state index contributed by atoms with van der Waals surface area (Å²) in [5.41, 5.74) is 2.76. The number of carbonyl (C=O) groups excluding carboxylic acids is 2. The molecule has 2 atom stereocenters. The molecular weight excluding hydrogens is 318 g/mol. The fourth-order valence-electron chi connectivity index (χ4n) is 3.74. The normalized spacial score (nSPS) is 22.6. The number of nitrogens with one attached hydrogen (secondary N) is 1. The van der Waals surface area contributed by atoms with Gasteiger partial charge >= 0.3 is 0 Å². The maximum Gasteiger partial charge on any atom is 0.232 e. The highest BCUT2D eigenvalue weighted by molar-refractivity contribution is 6.04. The number of fused-ring (bicyclic) bond motifs is 1. The Kier molecular flexibility index (Phi) is 4.05. The number of para-hydroxylation sites is 1. The van der Waals surface area contributed by atoms with Gasteiger partial charge in [-0.05, 0) is 23.8 Å². The predicted molar refractivity (Wildman–Crippen MR) is 93.1 cm³/mol. The standard InChI is InChI=1S/C19H21N3O3/c1-21-8-4-7-16(21)17-12-25-10-9-22(17)18(23)11-14-13-5-2-3-6-15(13)20-19(14)24/h2-8,14,17H,9-12H2,1H3,(H,20,24). The molecular formula is C19H21N3O3. The van der Waals surface area contributed by atoms with Crippen LogP contribution in [0.15, 0.2) is 42.6 Å². The number of aromatic nitrogens is 1. The molecule has 1 N–H and O–H groups in total. The molecule has 6 nitrogen and oxygen atoms in total. The van der Waals surface area contributed by atoms with Crippen molar-refractivity contribution in [3.63, 3.8) is 0 Å². The SMILES string of the molecule is Cn1cccc1C1COCCN1C(=O)CC1C(=O)Nc2ccccc21. The zero-order chi connectivity index (χ0) is 17.4. The summed E-state index contributed by atoms with van der Waals surface area (Å²) in [5, 5.41) is 2.87. The van der Waals surface area contributed by atoms with Crippen LogP contribution >= 0.6 is 0 Å². The average Bonchev–Trinajstić information content (AvgIpc) is 3.18. The summed E-state index contributed by atoms with van der Waals surface area (Å²) >= 11 is 0. The third kappa shape index (κ3) is 2.82. The summed E-state index contributed by atoms with van der Waals surface area (Å²) in [4.78, 5) is 27.2. The number of hydrogen-bond acceptors (Lipinski definition) is 3. The molecule has 2 aromatic rings. The van der Waals surface area contributed by atoms with E-state index in [-0.39, 0.29) is 24.3 Å². The molecule has 0 saturated carbocycles. The van der Waals surface area contributed by atoms with E-state index in [1.54, 1.807) is 0 Å². The van der Waals surface area contributed by atoms with Crippen LogP contribution in [0.5, 0.6) is 0 Å². The number of rotatable bonds is 3. The first kappa shape index (κ1) is 15.9. The van der Waals surface area contributed by atoms with E-state index >= 15 is 0 Å². The summed E-state index contributed by atoms with van der Waals surface area (Å²) in [6, 6.07) is 11.4. The second kappa shape index (κ2) is 6.37. The van der Waals surface area contributed by atoms with Gasteiger partial charge in [0.05, 0.1) is 25.2 Å².